The molecule has 1 rings (SSSR count). The number of carbonyl (C=O) groups is 1. The molecule has 0 unspecified atom stereocenters. The number of urea groups is 1. The van der Waals surface area contributed by atoms with Crippen molar-refractivity contribution in [1.82, 2.24) is 10.2 Å². The van der Waals surface area contributed by atoms with Gasteiger partial charge in [0, 0.05) is 19.6 Å². The molecule has 1 saturated carbocycles. The minimum atomic E-state index is -0.0113. The largest absolute Gasteiger partial charge is 0.338 e. The lowest BCUT2D eigenvalue weighted by atomic mass is 10.0. The van der Waals surface area contributed by atoms with Crippen molar-refractivity contribution in [2.75, 3.05) is 19.6 Å². The van der Waals surface area contributed by atoms with E-state index in [1.807, 2.05) is 0 Å². The number of rotatable bonds is 7. The lowest BCUT2D eigenvalue weighted by molar-refractivity contribution is 0.207. The fourth-order valence-electron chi connectivity index (χ4n) is 2.35. The van der Waals surface area contributed by atoms with Gasteiger partial charge in [-0.05, 0) is 12.3 Å². The van der Waals surface area contributed by atoms with Gasteiger partial charge in [-0.25, -0.2) is 4.79 Å². The van der Waals surface area contributed by atoms with E-state index in [1.165, 1.54) is 25.7 Å². The van der Waals surface area contributed by atoms with Crippen LogP contribution in [0, 0.1) is 5.92 Å². The zero-order valence-corrected chi connectivity index (χ0v) is 10.7. The summed E-state index contributed by atoms with van der Waals surface area (Å²) in [5, 5.41) is 2.97. The Morgan fingerprint density at radius 2 is 1.82 bits per heavy atom. The third-order valence-electron chi connectivity index (χ3n) is 3.29. The molecule has 1 aliphatic rings. The molecule has 0 atom stereocenters. The molecule has 96 valence electrons. The van der Waals surface area contributed by atoms with Crippen molar-refractivity contribution >= 4 is 6.03 Å². The predicted molar refractivity (Wildman–Crippen MR) is 71.9 cm³/mol. The fraction of sp³-hybridized carbons (Fsp3) is 0.643. The van der Waals surface area contributed by atoms with E-state index < -0.39 is 0 Å². The molecule has 3 heteroatoms. The average molecular weight is 236 g/mol. The van der Waals surface area contributed by atoms with Crippen LogP contribution in [0.5, 0.6) is 0 Å². The van der Waals surface area contributed by atoms with Crippen LogP contribution in [0.25, 0.3) is 0 Å². The summed E-state index contributed by atoms with van der Waals surface area (Å²) in [6.45, 7) is 9.23. The van der Waals surface area contributed by atoms with Crippen LogP contribution in [0.3, 0.4) is 0 Å². The predicted octanol–water partition coefficient (Wildman–Crippen LogP) is 2.95. The molecule has 0 aromatic rings. The quantitative estimate of drug-likeness (QED) is 0.677. The highest BCUT2D eigenvalue weighted by Crippen LogP contribution is 2.26. The second-order valence-corrected chi connectivity index (χ2v) is 4.65. The average Bonchev–Trinajstić information content (AvgIpc) is 2.81. The Labute approximate surface area is 105 Å². The van der Waals surface area contributed by atoms with Gasteiger partial charge in [0.2, 0.25) is 0 Å². The molecule has 0 spiro atoms. The van der Waals surface area contributed by atoms with Crippen LogP contribution < -0.4 is 5.32 Å². The molecule has 3 nitrogen and oxygen atoms in total. The van der Waals surface area contributed by atoms with Gasteiger partial charge in [-0.2, -0.15) is 0 Å². The molecule has 0 heterocycles. The first kappa shape index (κ1) is 13.8. The molecular weight excluding hydrogens is 212 g/mol. The summed E-state index contributed by atoms with van der Waals surface area (Å²) in [5.41, 5.74) is 0. The van der Waals surface area contributed by atoms with E-state index in [0.717, 1.165) is 18.9 Å². The normalized spacial score (nSPS) is 15.5. The topological polar surface area (TPSA) is 32.3 Å². The van der Waals surface area contributed by atoms with Crippen molar-refractivity contribution in [2.24, 2.45) is 5.92 Å². The number of hydrogen-bond donors (Lipinski definition) is 1. The smallest absolute Gasteiger partial charge is 0.317 e. The van der Waals surface area contributed by atoms with Crippen molar-refractivity contribution < 1.29 is 4.79 Å². The van der Waals surface area contributed by atoms with Crippen LogP contribution in [0.2, 0.25) is 0 Å². The standard InChI is InChI=1S/C14H24N2O/c1-3-11-16(12-4-2)14(17)15-10-9-13-7-5-6-8-13/h3-4,13H,1-2,5-12H2,(H,15,17). The summed E-state index contributed by atoms with van der Waals surface area (Å²) in [6, 6.07) is -0.0113. The van der Waals surface area contributed by atoms with E-state index >= 15 is 0 Å². The van der Waals surface area contributed by atoms with Gasteiger partial charge in [0.25, 0.3) is 0 Å². The van der Waals surface area contributed by atoms with Crippen molar-refractivity contribution in [3.63, 3.8) is 0 Å². The van der Waals surface area contributed by atoms with Crippen LogP contribution in [-0.2, 0) is 0 Å². The second kappa shape index (κ2) is 7.93. The summed E-state index contributed by atoms with van der Waals surface area (Å²) >= 11 is 0. The Morgan fingerprint density at radius 1 is 1.24 bits per heavy atom. The molecule has 2 amide bonds. The van der Waals surface area contributed by atoms with Gasteiger partial charge < -0.3 is 10.2 Å². The molecule has 0 bridgehead atoms. The van der Waals surface area contributed by atoms with Crippen molar-refractivity contribution in [1.29, 1.82) is 0 Å². The highest BCUT2D eigenvalue weighted by molar-refractivity contribution is 5.74. The summed E-state index contributed by atoms with van der Waals surface area (Å²) < 4.78 is 0. The Morgan fingerprint density at radius 3 is 2.35 bits per heavy atom. The number of nitrogens with one attached hydrogen (secondary N) is 1. The highest BCUT2D eigenvalue weighted by atomic mass is 16.2. The molecule has 0 aromatic carbocycles. The molecule has 0 aromatic heterocycles. The maximum absolute atomic E-state index is 11.8. The number of amides is 2. The molecule has 1 N–H and O–H groups in total. The van der Waals surface area contributed by atoms with E-state index in [4.69, 9.17) is 0 Å². The lowest BCUT2D eigenvalue weighted by Gasteiger charge is -2.20. The van der Waals surface area contributed by atoms with Gasteiger partial charge in [-0.3, -0.25) is 0 Å². The highest BCUT2D eigenvalue weighted by Gasteiger charge is 2.15. The zero-order chi connectivity index (χ0) is 12.5. The SMILES string of the molecule is C=CCN(CC=C)C(=O)NCCC1CCCC1. The number of carbonyl (C=O) groups excluding carboxylic acids is 1. The first-order valence-electron chi connectivity index (χ1n) is 6.52. The van der Waals surface area contributed by atoms with E-state index in [0.29, 0.717) is 13.1 Å². The Balaban J connectivity index is 2.20. The maximum Gasteiger partial charge on any atom is 0.317 e. The van der Waals surface area contributed by atoms with Gasteiger partial charge in [0.15, 0.2) is 0 Å². The molecule has 17 heavy (non-hydrogen) atoms. The first-order valence-corrected chi connectivity index (χ1v) is 6.52. The molecule has 1 aliphatic carbocycles. The van der Waals surface area contributed by atoms with E-state index in [-0.39, 0.29) is 6.03 Å². The van der Waals surface area contributed by atoms with Gasteiger partial charge in [-0.15, -0.1) is 13.2 Å². The van der Waals surface area contributed by atoms with E-state index in [1.54, 1.807) is 17.1 Å². The molecule has 0 aliphatic heterocycles. The van der Waals surface area contributed by atoms with Crippen LogP contribution >= 0.6 is 0 Å². The van der Waals surface area contributed by atoms with Crippen LogP contribution in [0.15, 0.2) is 25.3 Å². The third kappa shape index (κ3) is 5.07. The van der Waals surface area contributed by atoms with Gasteiger partial charge in [0.1, 0.15) is 0 Å². The molecule has 0 saturated heterocycles. The second-order valence-electron chi connectivity index (χ2n) is 4.65. The third-order valence-corrected chi connectivity index (χ3v) is 3.29. The van der Waals surface area contributed by atoms with Gasteiger partial charge >= 0.3 is 6.03 Å². The zero-order valence-electron chi connectivity index (χ0n) is 10.7. The van der Waals surface area contributed by atoms with Crippen molar-refractivity contribution in [2.45, 2.75) is 32.1 Å². The lowest BCUT2D eigenvalue weighted by Crippen LogP contribution is -2.40. The van der Waals surface area contributed by atoms with Crippen molar-refractivity contribution in [3.8, 4) is 0 Å². The summed E-state index contributed by atoms with van der Waals surface area (Å²) in [6.07, 6.45) is 9.97. The minimum absolute atomic E-state index is 0.0113. The molecular formula is C14H24N2O. The Kier molecular flexibility index (Phi) is 6.45. The van der Waals surface area contributed by atoms with Crippen LogP contribution in [0.1, 0.15) is 32.1 Å². The van der Waals surface area contributed by atoms with E-state index in [2.05, 4.69) is 18.5 Å². The summed E-state index contributed by atoms with van der Waals surface area (Å²) in [7, 11) is 0. The van der Waals surface area contributed by atoms with Crippen LogP contribution in [-0.4, -0.2) is 30.6 Å². The van der Waals surface area contributed by atoms with Crippen LogP contribution in [0.4, 0.5) is 4.79 Å². The van der Waals surface area contributed by atoms with Crippen molar-refractivity contribution in [3.05, 3.63) is 25.3 Å². The molecule has 1 fully saturated rings. The maximum atomic E-state index is 11.8. The van der Waals surface area contributed by atoms with Gasteiger partial charge in [-0.1, -0.05) is 37.8 Å². The summed E-state index contributed by atoms with van der Waals surface area (Å²) in [5.74, 6) is 0.822. The number of nitrogens with zero attached hydrogens (tertiary/aromatic N) is 1. The first-order chi connectivity index (χ1) is 8.27. The van der Waals surface area contributed by atoms with E-state index in [9.17, 15) is 4.79 Å². The summed E-state index contributed by atoms with van der Waals surface area (Å²) in [4.78, 5) is 13.5. The Hall–Kier alpha value is -1.25. The Bertz CT molecular complexity index is 247. The molecule has 0 radical (unpaired) electrons. The minimum Gasteiger partial charge on any atom is -0.338 e. The number of hydrogen-bond acceptors (Lipinski definition) is 1. The fourth-order valence-corrected chi connectivity index (χ4v) is 2.35. The van der Waals surface area contributed by atoms with Gasteiger partial charge in [0.05, 0.1) is 0 Å². The monoisotopic (exact) mass is 236 g/mol.